The van der Waals surface area contributed by atoms with E-state index < -0.39 is 27.9 Å². The molecule has 19 heavy (non-hydrogen) atoms. The normalized spacial score (nSPS) is 12.3. The number of nitrogens with zero attached hydrogens (tertiary/aromatic N) is 1. The second-order valence-corrected chi connectivity index (χ2v) is 4.75. The van der Waals surface area contributed by atoms with E-state index in [2.05, 4.69) is 0 Å². The number of nitro groups is 1. The summed E-state index contributed by atoms with van der Waals surface area (Å²) in [5.41, 5.74) is 3.05. The van der Waals surface area contributed by atoms with Gasteiger partial charge in [0, 0.05) is 11.6 Å². The number of halogens is 3. The van der Waals surface area contributed by atoms with Gasteiger partial charge in [0.1, 0.15) is 12.4 Å². The van der Waals surface area contributed by atoms with Crippen LogP contribution in [0.15, 0.2) is 18.2 Å². The van der Waals surface area contributed by atoms with E-state index in [-0.39, 0.29) is 12.4 Å². The van der Waals surface area contributed by atoms with Crippen molar-refractivity contribution < 1.29 is 22.8 Å². The van der Waals surface area contributed by atoms with Crippen molar-refractivity contribution in [2.24, 2.45) is 5.73 Å². The molecule has 1 aromatic rings. The summed E-state index contributed by atoms with van der Waals surface area (Å²) in [7, 11) is 0. The zero-order valence-corrected chi connectivity index (χ0v) is 10.3. The maximum Gasteiger partial charge on any atom is 0.416 e. The van der Waals surface area contributed by atoms with Crippen LogP contribution in [0.2, 0.25) is 0 Å². The molecule has 106 valence electrons. The van der Waals surface area contributed by atoms with Crippen molar-refractivity contribution in [1.29, 1.82) is 0 Å². The molecule has 0 saturated heterocycles. The van der Waals surface area contributed by atoms with Crippen molar-refractivity contribution in [2.75, 3.05) is 6.61 Å². The molecule has 0 spiro atoms. The molecule has 0 aliphatic rings. The van der Waals surface area contributed by atoms with Crippen molar-refractivity contribution in [1.82, 2.24) is 0 Å². The quantitative estimate of drug-likeness (QED) is 0.678. The van der Waals surface area contributed by atoms with E-state index in [1.165, 1.54) is 0 Å². The molecular formula is C11H13F3N2O3. The minimum absolute atomic E-state index is 0.0640. The van der Waals surface area contributed by atoms with Gasteiger partial charge in [-0.3, -0.25) is 10.1 Å². The lowest BCUT2D eigenvalue weighted by molar-refractivity contribution is -0.385. The smallest absolute Gasteiger partial charge is 0.416 e. The Kier molecular flexibility index (Phi) is 4.04. The van der Waals surface area contributed by atoms with Gasteiger partial charge in [0.25, 0.3) is 5.69 Å². The fourth-order valence-electron chi connectivity index (χ4n) is 1.21. The SMILES string of the molecule is CC(C)(N)COc1cc([N+](=O)[O-])cc(C(F)(F)F)c1. The number of non-ortho nitro benzene ring substituents is 1. The Bertz CT molecular complexity index is 481. The molecule has 5 nitrogen and oxygen atoms in total. The van der Waals surface area contributed by atoms with E-state index in [4.69, 9.17) is 10.5 Å². The van der Waals surface area contributed by atoms with Gasteiger partial charge in [-0.25, -0.2) is 0 Å². The molecule has 0 saturated carbocycles. The van der Waals surface area contributed by atoms with Crippen molar-refractivity contribution in [3.05, 3.63) is 33.9 Å². The van der Waals surface area contributed by atoms with Crippen LogP contribution in [0.25, 0.3) is 0 Å². The minimum Gasteiger partial charge on any atom is -0.491 e. The second kappa shape index (κ2) is 5.04. The molecule has 0 amide bonds. The van der Waals surface area contributed by atoms with Crippen LogP contribution in [0, 0.1) is 10.1 Å². The first-order valence-corrected chi connectivity index (χ1v) is 5.27. The average molecular weight is 278 g/mol. The van der Waals surface area contributed by atoms with Crippen LogP contribution >= 0.6 is 0 Å². The van der Waals surface area contributed by atoms with Gasteiger partial charge in [0.05, 0.1) is 16.6 Å². The lowest BCUT2D eigenvalue weighted by Crippen LogP contribution is -2.38. The number of nitrogens with two attached hydrogens (primary N) is 1. The molecule has 0 aliphatic heterocycles. The third-order valence-corrected chi connectivity index (χ3v) is 2.04. The summed E-state index contributed by atoms with van der Waals surface area (Å²) in [6.07, 6.45) is -4.68. The summed E-state index contributed by atoms with van der Waals surface area (Å²) < 4.78 is 42.8. The summed E-state index contributed by atoms with van der Waals surface area (Å²) in [5, 5.41) is 10.6. The molecule has 0 atom stereocenters. The number of nitro benzene ring substituents is 1. The molecule has 8 heteroatoms. The van der Waals surface area contributed by atoms with Crippen molar-refractivity contribution in [2.45, 2.75) is 25.6 Å². The monoisotopic (exact) mass is 278 g/mol. The van der Waals surface area contributed by atoms with E-state index in [0.29, 0.717) is 12.1 Å². The maximum absolute atomic E-state index is 12.6. The topological polar surface area (TPSA) is 78.4 Å². The molecule has 0 aliphatic carbocycles. The summed E-state index contributed by atoms with van der Waals surface area (Å²) >= 11 is 0. The Balaban J connectivity index is 3.11. The maximum atomic E-state index is 12.6. The third-order valence-electron chi connectivity index (χ3n) is 2.04. The Morgan fingerprint density at radius 3 is 2.32 bits per heavy atom. The van der Waals surface area contributed by atoms with Gasteiger partial charge < -0.3 is 10.5 Å². The molecule has 0 bridgehead atoms. The number of hydrogen-bond donors (Lipinski definition) is 1. The molecule has 1 rings (SSSR count). The van der Waals surface area contributed by atoms with Crippen molar-refractivity contribution in [3.63, 3.8) is 0 Å². The van der Waals surface area contributed by atoms with Gasteiger partial charge in [-0.05, 0) is 19.9 Å². The van der Waals surface area contributed by atoms with Gasteiger partial charge in [-0.2, -0.15) is 13.2 Å². The Labute approximate surface area is 107 Å². The van der Waals surface area contributed by atoms with Gasteiger partial charge >= 0.3 is 6.18 Å². The Hall–Kier alpha value is -1.83. The summed E-state index contributed by atoms with van der Waals surface area (Å²) in [6.45, 7) is 3.18. The lowest BCUT2D eigenvalue weighted by atomic mass is 10.1. The fourth-order valence-corrected chi connectivity index (χ4v) is 1.21. The van der Waals surface area contributed by atoms with Crippen molar-refractivity contribution in [3.8, 4) is 5.75 Å². The zero-order chi connectivity index (χ0) is 14.8. The third kappa shape index (κ3) is 4.74. The van der Waals surface area contributed by atoms with Crippen molar-refractivity contribution >= 4 is 5.69 Å². The molecule has 0 radical (unpaired) electrons. The first-order valence-electron chi connectivity index (χ1n) is 5.27. The first-order chi connectivity index (χ1) is 8.49. The standard InChI is InChI=1S/C11H13F3N2O3/c1-10(2,15)6-19-9-4-7(11(12,13)14)3-8(5-9)16(17)18/h3-5H,6,15H2,1-2H3. The summed E-state index contributed by atoms with van der Waals surface area (Å²) in [6, 6.07) is 2.10. The number of ether oxygens (including phenoxy) is 1. The van der Waals surface area contributed by atoms with Gasteiger partial charge in [0.15, 0.2) is 0 Å². The highest BCUT2D eigenvalue weighted by molar-refractivity contribution is 5.43. The molecule has 0 fully saturated rings. The molecule has 0 unspecified atom stereocenters. The molecule has 1 aromatic carbocycles. The zero-order valence-electron chi connectivity index (χ0n) is 10.3. The van der Waals surface area contributed by atoms with Crippen LogP contribution in [0.3, 0.4) is 0 Å². The highest BCUT2D eigenvalue weighted by Gasteiger charge is 2.33. The Morgan fingerprint density at radius 1 is 1.32 bits per heavy atom. The summed E-state index contributed by atoms with van der Waals surface area (Å²) in [5.74, 6) is -0.236. The molecule has 0 heterocycles. The number of hydrogen-bond acceptors (Lipinski definition) is 4. The number of benzene rings is 1. The van der Waals surface area contributed by atoms with Crippen LogP contribution in [0.1, 0.15) is 19.4 Å². The van der Waals surface area contributed by atoms with Gasteiger partial charge in [-0.15, -0.1) is 0 Å². The average Bonchev–Trinajstić information content (AvgIpc) is 2.23. The fraction of sp³-hybridized carbons (Fsp3) is 0.455. The van der Waals surface area contributed by atoms with Crippen LogP contribution < -0.4 is 10.5 Å². The van der Waals surface area contributed by atoms with Gasteiger partial charge in [-0.1, -0.05) is 0 Å². The van der Waals surface area contributed by atoms with Crippen LogP contribution in [0.4, 0.5) is 18.9 Å². The number of rotatable bonds is 4. The van der Waals surface area contributed by atoms with Gasteiger partial charge in [0.2, 0.25) is 0 Å². The first kappa shape index (κ1) is 15.2. The molecular weight excluding hydrogens is 265 g/mol. The van der Waals surface area contributed by atoms with Crippen LogP contribution in [-0.2, 0) is 6.18 Å². The minimum atomic E-state index is -4.68. The lowest BCUT2D eigenvalue weighted by Gasteiger charge is -2.19. The predicted octanol–water partition coefficient (Wildman–Crippen LogP) is 2.73. The highest BCUT2D eigenvalue weighted by Crippen LogP contribution is 2.34. The number of alkyl halides is 3. The van der Waals surface area contributed by atoms with Crippen LogP contribution in [0.5, 0.6) is 5.75 Å². The van der Waals surface area contributed by atoms with E-state index in [0.717, 1.165) is 6.07 Å². The van der Waals surface area contributed by atoms with E-state index >= 15 is 0 Å². The Morgan fingerprint density at radius 2 is 1.89 bits per heavy atom. The van der Waals surface area contributed by atoms with Crippen LogP contribution in [-0.4, -0.2) is 17.1 Å². The van der Waals surface area contributed by atoms with E-state index in [1.807, 2.05) is 0 Å². The summed E-state index contributed by atoms with van der Waals surface area (Å²) in [4.78, 5) is 9.68. The van der Waals surface area contributed by atoms with E-state index in [1.54, 1.807) is 13.8 Å². The van der Waals surface area contributed by atoms with E-state index in [9.17, 15) is 23.3 Å². The highest BCUT2D eigenvalue weighted by atomic mass is 19.4. The predicted molar refractivity (Wildman–Crippen MR) is 61.9 cm³/mol. The largest absolute Gasteiger partial charge is 0.491 e. The molecule has 2 N–H and O–H groups in total. The molecule has 0 aromatic heterocycles. The second-order valence-electron chi connectivity index (χ2n) is 4.75.